The lowest BCUT2D eigenvalue weighted by Crippen LogP contribution is -2.23. The van der Waals surface area contributed by atoms with Crippen LogP contribution in [0.15, 0.2) is 30.3 Å². The molecule has 0 aromatic heterocycles. The van der Waals surface area contributed by atoms with Gasteiger partial charge < -0.3 is 16.2 Å². The number of amides is 1. The molecule has 0 fully saturated rings. The van der Waals surface area contributed by atoms with Crippen molar-refractivity contribution in [3.63, 3.8) is 0 Å². The molecule has 5 heteroatoms. The summed E-state index contributed by atoms with van der Waals surface area (Å²) >= 11 is 0. The molecule has 1 rings (SSSR count). The van der Waals surface area contributed by atoms with Crippen LogP contribution in [0.2, 0.25) is 0 Å². The number of carboxylic acids is 1. The second-order valence-corrected chi connectivity index (χ2v) is 4.68. The van der Waals surface area contributed by atoms with E-state index in [1.54, 1.807) is 25.1 Å². The molecule has 1 amide bonds. The molecule has 20 heavy (non-hydrogen) atoms. The van der Waals surface area contributed by atoms with Gasteiger partial charge in [-0.2, -0.15) is 0 Å². The average molecular weight is 276 g/mol. The van der Waals surface area contributed by atoms with Gasteiger partial charge in [0.25, 0.3) is 0 Å². The molecule has 0 heterocycles. The maximum Gasteiger partial charge on any atom is 0.306 e. The Hall–Kier alpha value is -2.30. The quantitative estimate of drug-likeness (QED) is 0.403. The number of aliphatic carboxylic acids is 1. The van der Waals surface area contributed by atoms with Crippen LogP contribution >= 0.6 is 0 Å². The van der Waals surface area contributed by atoms with Crippen LogP contribution in [0.4, 0.5) is 5.69 Å². The van der Waals surface area contributed by atoms with Gasteiger partial charge in [-0.25, -0.2) is 0 Å². The van der Waals surface area contributed by atoms with E-state index >= 15 is 0 Å². The van der Waals surface area contributed by atoms with E-state index in [0.717, 1.165) is 5.56 Å². The van der Waals surface area contributed by atoms with Crippen molar-refractivity contribution < 1.29 is 14.7 Å². The molecule has 0 bridgehead atoms. The lowest BCUT2D eigenvalue weighted by molar-refractivity contribution is -0.141. The summed E-state index contributed by atoms with van der Waals surface area (Å²) in [4.78, 5) is 22.1. The fourth-order valence-electron chi connectivity index (χ4n) is 1.64. The maximum absolute atomic E-state index is 11.5. The standard InChI is InChI=1S/C15H20N2O3/c1-11(15(19)20)4-3-9-17-14(18)8-7-12-5-2-6-13(16)10-12/h2,5-8,10-11H,3-4,9,16H2,1H3,(H,17,18)(H,19,20)/b8-7+. The van der Waals surface area contributed by atoms with E-state index in [4.69, 9.17) is 10.8 Å². The number of carbonyl (C=O) groups is 2. The monoisotopic (exact) mass is 276 g/mol. The molecular weight excluding hydrogens is 256 g/mol. The molecular formula is C15H20N2O3. The molecule has 0 aliphatic rings. The van der Waals surface area contributed by atoms with Crippen molar-refractivity contribution in [1.29, 1.82) is 0 Å². The van der Waals surface area contributed by atoms with Gasteiger partial charge in [-0.05, 0) is 36.6 Å². The van der Waals surface area contributed by atoms with E-state index in [1.807, 2.05) is 12.1 Å². The van der Waals surface area contributed by atoms with E-state index in [-0.39, 0.29) is 11.8 Å². The normalized spacial score (nSPS) is 12.2. The van der Waals surface area contributed by atoms with Crippen LogP contribution in [0.25, 0.3) is 6.08 Å². The molecule has 0 aliphatic heterocycles. The van der Waals surface area contributed by atoms with Crippen molar-refractivity contribution in [3.8, 4) is 0 Å². The summed E-state index contributed by atoms with van der Waals surface area (Å²) in [6.07, 6.45) is 4.32. The summed E-state index contributed by atoms with van der Waals surface area (Å²) in [5.74, 6) is -1.39. The van der Waals surface area contributed by atoms with E-state index in [9.17, 15) is 9.59 Å². The molecule has 0 radical (unpaired) electrons. The Morgan fingerprint density at radius 3 is 2.85 bits per heavy atom. The highest BCUT2D eigenvalue weighted by Gasteiger charge is 2.09. The number of nitrogens with one attached hydrogen (secondary N) is 1. The van der Waals surface area contributed by atoms with Gasteiger partial charge in [0.1, 0.15) is 0 Å². The molecule has 0 aliphatic carbocycles. The Morgan fingerprint density at radius 2 is 2.20 bits per heavy atom. The molecule has 1 aromatic carbocycles. The Balaban J connectivity index is 2.28. The van der Waals surface area contributed by atoms with Gasteiger partial charge in [0.15, 0.2) is 0 Å². The fourth-order valence-corrected chi connectivity index (χ4v) is 1.64. The highest BCUT2D eigenvalue weighted by Crippen LogP contribution is 2.08. The number of hydrogen-bond donors (Lipinski definition) is 3. The number of benzene rings is 1. The van der Waals surface area contributed by atoms with Crippen LogP contribution in [0.3, 0.4) is 0 Å². The maximum atomic E-state index is 11.5. The van der Waals surface area contributed by atoms with E-state index in [1.165, 1.54) is 6.08 Å². The van der Waals surface area contributed by atoms with Crippen LogP contribution in [-0.2, 0) is 9.59 Å². The molecule has 1 atom stereocenters. The minimum Gasteiger partial charge on any atom is -0.481 e. The Kier molecular flexibility index (Phi) is 6.29. The Labute approximate surface area is 118 Å². The van der Waals surface area contributed by atoms with Crippen molar-refractivity contribution in [1.82, 2.24) is 5.32 Å². The molecule has 0 spiro atoms. The largest absolute Gasteiger partial charge is 0.481 e. The van der Waals surface area contributed by atoms with Crippen LogP contribution in [0.1, 0.15) is 25.3 Å². The predicted octanol–water partition coefficient (Wildman–Crippen LogP) is 1.90. The lowest BCUT2D eigenvalue weighted by Gasteiger charge is -2.05. The van der Waals surface area contributed by atoms with Crippen molar-refractivity contribution in [3.05, 3.63) is 35.9 Å². The van der Waals surface area contributed by atoms with Gasteiger partial charge in [-0.3, -0.25) is 9.59 Å². The summed E-state index contributed by atoms with van der Waals surface area (Å²) < 4.78 is 0. The third-order valence-electron chi connectivity index (χ3n) is 2.87. The summed E-state index contributed by atoms with van der Waals surface area (Å²) in [6.45, 7) is 2.13. The first kappa shape index (κ1) is 15.8. The predicted molar refractivity (Wildman–Crippen MR) is 78.9 cm³/mol. The van der Waals surface area contributed by atoms with E-state index in [0.29, 0.717) is 25.1 Å². The number of nitrogen functional groups attached to an aromatic ring is 1. The molecule has 5 nitrogen and oxygen atoms in total. The van der Waals surface area contributed by atoms with Crippen LogP contribution in [0, 0.1) is 5.92 Å². The minimum absolute atomic E-state index is 0.199. The number of carboxylic acid groups (broad SMARTS) is 1. The van der Waals surface area contributed by atoms with E-state index in [2.05, 4.69) is 5.32 Å². The van der Waals surface area contributed by atoms with Gasteiger partial charge in [-0.1, -0.05) is 19.1 Å². The van der Waals surface area contributed by atoms with Crippen molar-refractivity contribution in [2.45, 2.75) is 19.8 Å². The van der Waals surface area contributed by atoms with Gasteiger partial charge >= 0.3 is 5.97 Å². The molecule has 0 saturated heterocycles. The van der Waals surface area contributed by atoms with Crippen LogP contribution in [-0.4, -0.2) is 23.5 Å². The Bertz CT molecular complexity index is 498. The van der Waals surface area contributed by atoms with E-state index < -0.39 is 5.97 Å². The average Bonchev–Trinajstić information content (AvgIpc) is 2.41. The molecule has 1 aromatic rings. The molecule has 4 N–H and O–H groups in total. The first-order valence-corrected chi connectivity index (χ1v) is 6.53. The van der Waals surface area contributed by atoms with Gasteiger partial charge in [0.05, 0.1) is 5.92 Å². The third-order valence-corrected chi connectivity index (χ3v) is 2.87. The Morgan fingerprint density at radius 1 is 1.45 bits per heavy atom. The molecule has 0 saturated carbocycles. The van der Waals surface area contributed by atoms with Gasteiger partial charge in [-0.15, -0.1) is 0 Å². The number of carbonyl (C=O) groups excluding carboxylic acids is 1. The second kappa shape index (κ2) is 7.99. The van der Waals surface area contributed by atoms with Gasteiger partial charge in [0.2, 0.25) is 5.91 Å². The highest BCUT2D eigenvalue weighted by molar-refractivity contribution is 5.91. The zero-order chi connectivity index (χ0) is 15.0. The van der Waals surface area contributed by atoms with Crippen LogP contribution in [0.5, 0.6) is 0 Å². The molecule has 1 unspecified atom stereocenters. The SMILES string of the molecule is CC(CCCNC(=O)/C=C/c1cccc(N)c1)C(=O)O. The lowest BCUT2D eigenvalue weighted by atomic mass is 10.1. The minimum atomic E-state index is -0.808. The fraction of sp³-hybridized carbons (Fsp3) is 0.333. The first-order chi connectivity index (χ1) is 9.49. The highest BCUT2D eigenvalue weighted by atomic mass is 16.4. The molecule has 108 valence electrons. The summed E-state index contributed by atoms with van der Waals surface area (Å²) in [5, 5.41) is 11.4. The second-order valence-electron chi connectivity index (χ2n) is 4.68. The first-order valence-electron chi connectivity index (χ1n) is 6.53. The van der Waals surface area contributed by atoms with Crippen molar-refractivity contribution >= 4 is 23.6 Å². The van der Waals surface area contributed by atoms with Crippen LogP contribution < -0.4 is 11.1 Å². The summed E-state index contributed by atoms with van der Waals surface area (Å²) in [5.41, 5.74) is 7.14. The summed E-state index contributed by atoms with van der Waals surface area (Å²) in [6, 6.07) is 7.23. The number of hydrogen-bond acceptors (Lipinski definition) is 3. The zero-order valence-corrected chi connectivity index (χ0v) is 11.5. The number of rotatable bonds is 7. The summed E-state index contributed by atoms with van der Waals surface area (Å²) in [7, 11) is 0. The zero-order valence-electron chi connectivity index (χ0n) is 11.5. The smallest absolute Gasteiger partial charge is 0.306 e. The van der Waals surface area contributed by atoms with Gasteiger partial charge in [0, 0.05) is 18.3 Å². The topological polar surface area (TPSA) is 92.4 Å². The third kappa shape index (κ3) is 6.04. The number of nitrogens with two attached hydrogens (primary N) is 1. The number of anilines is 1. The van der Waals surface area contributed by atoms with Crippen molar-refractivity contribution in [2.24, 2.45) is 5.92 Å². The van der Waals surface area contributed by atoms with Crippen molar-refractivity contribution in [2.75, 3.05) is 12.3 Å².